The number of rotatable bonds is 16. The number of hydrogen-bond acceptors (Lipinski definition) is 8. The van der Waals surface area contributed by atoms with Crippen LogP contribution in [0, 0.1) is 0 Å². The number of nitrogens with one attached hydrogen (secondary N) is 2. The molecule has 0 fully saturated rings. The zero-order chi connectivity index (χ0) is 33.6. The minimum Gasteiger partial charge on any atom is -0.496 e. The first-order valence-electron chi connectivity index (χ1n) is 15.7. The zero-order valence-corrected chi connectivity index (χ0v) is 26.7. The summed E-state index contributed by atoms with van der Waals surface area (Å²) in [6, 6.07) is 31.7. The summed E-state index contributed by atoms with van der Waals surface area (Å²) in [5.41, 5.74) is 17.3. The van der Waals surface area contributed by atoms with E-state index in [4.69, 9.17) is 24.3 Å². The van der Waals surface area contributed by atoms with E-state index in [0.717, 1.165) is 16.9 Å². The van der Waals surface area contributed by atoms with Gasteiger partial charge in [0.05, 0.1) is 13.7 Å². The van der Waals surface area contributed by atoms with Gasteiger partial charge in [-0.1, -0.05) is 90.1 Å². The number of para-hydroxylation sites is 1. The van der Waals surface area contributed by atoms with Crippen LogP contribution in [0.15, 0.2) is 119 Å². The van der Waals surface area contributed by atoms with Crippen molar-refractivity contribution < 1.29 is 24.1 Å². The van der Waals surface area contributed by atoms with Crippen LogP contribution in [0.4, 0.5) is 5.69 Å². The number of methoxy groups -OCH3 is 1. The van der Waals surface area contributed by atoms with E-state index in [1.54, 1.807) is 43.5 Å². The number of aliphatic hydroxyl groups is 1. The Kier molecular flexibility index (Phi) is 11.8. The molecule has 0 aromatic heterocycles. The summed E-state index contributed by atoms with van der Waals surface area (Å²) in [6.45, 7) is 0.851. The summed E-state index contributed by atoms with van der Waals surface area (Å²) < 4.78 is 17.7. The lowest BCUT2D eigenvalue weighted by atomic mass is 9.83. The highest BCUT2D eigenvalue weighted by Gasteiger charge is 2.53. The average Bonchev–Trinajstić information content (AvgIpc) is 3.52. The number of carbonyl (C=O) groups is 1. The number of azide groups is 1. The predicted octanol–water partition coefficient (Wildman–Crippen LogP) is 6.62. The number of aliphatic imine (C=N–C) groups is 1. The molecule has 2 atom stereocenters. The molecule has 0 radical (unpaired) electrons. The third-order valence-corrected chi connectivity index (χ3v) is 7.85. The molecule has 0 aliphatic carbocycles. The standard InChI is InChI=1S/C37H38N6O5/c1-46-33-17-8-5-14-28(33)22-24-39-42-36(45)37(23-9-13-27-11-3-2-4-12-27)34(31-15-6-7-16-32(31)41-43-38)48-35(40-37)29-18-20-30(21-19-29)47-26-10-25-44/h2-9,11-21,34,39,44H,10,22-26H2,1H3,(H,42,45)/b13-9+/t34-,37-/m0/s1. The van der Waals surface area contributed by atoms with Crippen molar-refractivity contribution in [1.82, 2.24) is 10.9 Å². The molecule has 3 N–H and O–H groups in total. The second-order valence-electron chi connectivity index (χ2n) is 11.0. The van der Waals surface area contributed by atoms with Gasteiger partial charge in [-0.15, -0.1) is 0 Å². The summed E-state index contributed by atoms with van der Waals surface area (Å²) in [5.74, 6) is 1.24. The fourth-order valence-electron chi connectivity index (χ4n) is 5.44. The minimum absolute atomic E-state index is 0.0413. The quantitative estimate of drug-likeness (QED) is 0.0409. The molecule has 246 valence electrons. The normalized spacial score (nSPS) is 16.9. The van der Waals surface area contributed by atoms with Crippen molar-refractivity contribution >= 4 is 23.6 Å². The molecule has 48 heavy (non-hydrogen) atoms. The highest BCUT2D eigenvalue weighted by atomic mass is 16.5. The van der Waals surface area contributed by atoms with Crippen molar-refractivity contribution in [2.75, 3.05) is 26.9 Å². The molecule has 0 saturated heterocycles. The lowest BCUT2D eigenvalue weighted by Crippen LogP contribution is -2.52. The number of aliphatic hydroxyl groups excluding tert-OH is 1. The first-order valence-corrected chi connectivity index (χ1v) is 15.7. The Bertz CT molecular complexity index is 1770. The maximum absolute atomic E-state index is 14.4. The fourth-order valence-corrected chi connectivity index (χ4v) is 5.44. The molecule has 4 aromatic rings. The van der Waals surface area contributed by atoms with Gasteiger partial charge in [0.1, 0.15) is 11.5 Å². The second kappa shape index (κ2) is 16.8. The number of hydrogen-bond donors (Lipinski definition) is 3. The molecule has 0 saturated carbocycles. The molecule has 0 bridgehead atoms. The molecule has 1 aliphatic rings. The Labute approximate surface area is 279 Å². The first-order chi connectivity index (χ1) is 23.6. The highest BCUT2D eigenvalue weighted by Crippen LogP contribution is 2.45. The molecule has 0 unspecified atom stereocenters. The molecule has 11 nitrogen and oxygen atoms in total. The zero-order valence-electron chi connectivity index (χ0n) is 26.7. The number of hydrazine groups is 1. The third kappa shape index (κ3) is 8.21. The largest absolute Gasteiger partial charge is 0.496 e. The fraction of sp³-hybridized carbons (Fsp3) is 0.243. The van der Waals surface area contributed by atoms with Gasteiger partial charge in [0.15, 0.2) is 11.6 Å². The summed E-state index contributed by atoms with van der Waals surface area (Å²) in [4.78, 5) is 22.4. The van der Waals surface area contributed by atoms with Crippen LogP contribution in [-0.4, -0.2) is 49.3 Å². The molecule has 1 heterocycles. The van der Waals surface area contributed by atoms with Crippen molar-refractivity contribution in [3.05, 3.63) is 142 Å². The Morgan fingerprint density at radius 2 is 1.79 bits per heavy atom. The van der Waals surface area contributed by atoms with Gasteiger partial charge >= 0.3 is 0 Å². The van der Waals surface area contributed by atoms with Gasteiger partial charge in [-0.05, 0) is 53.4 Å². The molecule has 11 heteroatoms. The molecule has 4 aromatic carbocycles. The van der Waals surface area contributed by atoms with Crippen LogP contribution in [0.1, 0.15) is 41.2 Å². The highest BCUT2D eigenvalue weighted by molar-refractivity contribution is 6.01. The Morgan fingerprint density at radius 1 is 1.04 bits per heavy atom. The summed E-state index contributed by atoms with van der Waals surface area (Å²) >= 11 is 0. The van der Waals surface area contributed by atoms with Crippen LogP contribution in [0.2, 0.25) is 0 Å². The van der Waals surface area contributed by atoms with Crippen LogP contribution in [-0.2, 0) is 16.0 Å². The summed E-state index contributed by atoms with van der Waals surface area (Å²) in [6.07, 6.45) is 4.19. The van der Waals surface area contributed by atoms with Crippen LogP contribution in [0.5, 0.6) is 11.5 Å². The Morgan fingerprint density at radius 3 is 2.56 bits per heavy atom. The van der Waals surface area contributed by atoms with Crippen molar-refractivity contribution in [2.24, 2.45) is 10.1 Å². The van der Waals surface area contributed by atoms with Crippen LogP contribution in [0.3, 0.4) is 0 Å². The van der Waals surface area contributed by atoms with Gasteiger partial charge in [-0.25, -0.2) is 10.4 Å². The van der Waals surface area contributed by atoms with Gasteiger partial charge in [0.25, 0.3) is 5.91 Å². The van der Waals surface area contributed by atoms with Gasteiger partial charge in [-0.2, -0.15) is 0 Å². The van der Waals surface area contributed by atoms with Gasteiger partial charge in [0, 0.05) is 47.7 Å². The van der Waals surface area contributed by atoms with E-state index in [-0.39, 0.29) is 18.9 Å². The molecule has 0 spiro atoms. The van der Waals surface area contributed by atoms with Crippen LogP contribution < -0.4 is 20.3 Å². The number of carbonyl (C=O) groups excluding carboxylic acids is 1. The van der Waals surface area contributed by atoms with E-state index in [0.29, 0.717) is 48.6 Å². The summed E-state index contributed by atoms with van der Waals surface area (Å²) in [5, 5.41) is 13.0. The van der Waals surface area contributed by atoms with Crippen molar-refractivity contribution in [3.63, 3.8) is 0 Å². The molecular weight excluding hydrogens is 608 g/mol. The maximum Gasteiger partial charge on any atom is 0.266 e. The smallest absolute Gasteiger partial charge is 0.266 e. The lowest BCUT2D eigenvalue weighted by molar-refractivity contribution is -0.129. The predicted molar refractivity (Wildman–Crippen MR) is 185 cm³/mol. The van der Waals surface area contributed by atoms with E-state index in [2.05, 4.69) is 20.9 Å². The number of benzene rings is 4. The molecule has 5 rings (SSSR count). The molecule has 1 aliphatic heterocycles. The first kappa shape index (κ1) is 33.7. The lowest BCUT2D eigenvalue weighted by Gasteiger charge is -2.30. The van der Waals surface area contributed by atoms with Gasteiger partial charge < -0.3 is 19.3 Å². The minimum atomic E-state index is -1.49. The van der Waals surface area contributed by atoms with Crippen LogP contribution in [0.25, 0.3) is 16.5 Å². The SMILES string of the molecule is COc1ccccc1CCNNC(=O)[C@@]1(C/C=C/c2ccccc2)N=C(c2ccc(OCCCO)cc2)O[C@H]1c1ccccc1N=[N+]=[N-]. The van der Waals surface area contributed by atoms with Gasteiger partial charge in [-0.3, -0.25) is 10.2 Å². The van der Waals surface area contributed by atoms with E-state index < -0.39 is 17.6 Å². The average molecular weight is 647 g/mol. The molecular formula is C37H38N6O5. The van der Waals surface area contributed by atoms with Crippen molar-refractivity contribution in [1.29, 1.82) is 0 Å². The number of amides is 1. The van der Waals surface area contributed by atoms with Crippen molar-refractivity contribution in [3.8, 4) is 11.5 Å². The third-order valence-electron chi connectivity index (χ3n) is 7.85. The number of nitrogens with zero attached hydrogens (tertiary/aromatic N) is 4. The monoisotopic (exact) mass is 646 g/mol. The molecule has 1 amide bonds. The topological polar surface area (TPSA) is 150 Å². The second-order valence-corrected chi connectivity index (χ2v) is 11.0. The Hall–Kier alpha value is -5.61. The van der Waals surface area contributed by atoms with E-state index in [1.807, 2.05) is 78.9 Å². The number of ether oxygens (including phenoxy) is 3. The van der Waals surface area contributed by atoms with E-state index in [1.165, 1.54) is 0 Å². The summed E-state index contributed by atoms with van der Waals surface area (Å²) in [7, 11) is 1.63. The Balaban J connectivity index is 1.50. The maximum atomic E-state index is 14.4. The van der Waals surface area contributed by atoms with Crippen molar-refractivity contribution in [2.45, 2.75) is 30.9 Å². The van der Waals surface area contributed by atoms with Gasteiger partial charge in [0.2, 0.25) is 5.90 Å². The van der Waals surface area contributed by atoms with E-state index in [9.17, 15) is 10.3 Å². The van der Waals surface area contributed by atoms with Crippen LogP contribution >= 0.6 is 0 Å². The van der Waals surface area contributed by atoms with E-state index >= 15 is 0 Å².